The molecule has 2 saturated heterocycles. The molecule has 18 heavy (non-hydrogen) atoms. The van der Waals surface area contributed by atoms with Crippen molar-refractivity contribution in [1.82, 2.24) is 10.2 Å². The van der Waals surface area contributed by atoms with E-state index in [1.807, 2.05) is 12.1 Å². The summed E-state index contributed by atoms with van der Waals surface area (Å²) in [4.78, 5) is 13.7. The van der Waals surface area contributed by atoms with Gasteiger partial charge in [-0.25, -0.2) is 4.39 Å². The maximum Gasteiger partial charge on any atom is 0.220 e. The maximum absolute atomic E-state index is 12.9. The summed E-state index contributed by atoms with van der Waals surface area (Å²) in [5.74, 6) is -0.0112. The van der Waals surface area contributed by atoms with E-state index in [0.717, 1.165) is 31.5 Å². The summed E-state index contributed by atoms with van der Waals surface area (Å²) in [6.07, 6.45) is 2.59. The molecule has 1 N–H and O–H groups in total. The molecule has 2 aliphatic heterocycles. The van der Waals surface area contributed by atoms with Crippen LogP contribution in [0.25, 0.3) is 0 Å². The largest absolute Gasteiger partial charge is 0.352 e. The van der Waals surface area contributed by atoms with Crippen molar-refractivity contribution in [3.63, 3.8) is 0 Å². The van der Waals surface area contributed by atoms with Crippen molar-refractivity contribution in [1.29, 1.82) is 0 Å². The highest BCUT2D eigenvalue weighted by Crippen LogP contribution is 2.27. The van der Waals surface area contributed by atoms with Crippen molar-refractivity contribution in [2.24, 2.45) is 0 Å². The number of carbonyl (C=O) groups excluding carboxylic acids is 1. The van der Waals surface area contributed by atoms with E-state index in [0.29, 0.717) is 18.5 Å². The molecule has 2 heterocycles. The molecule has 0 radical (unpaired) electrons. The van der Waals surface area contributed by atoms with Crippen LogP contribution in [0.15, 0.2) is 24.3 Å². The van der Waals surface area contributed by atoms with Gasteiger partial charge in [0, 0.05) is 31.6 Å². The lowest BCUT2D eigenvalue weighted by Crippen LogP contribution is -2.49. The summed E-state index contributed by atoms with van der Waals surface area (Å²) in [7, 11) is 0. The maximum atomic E-state index is 12.9. The third-order valence-electron chi connectivity index (χ3n) is 3.97. The standard InChI is InChI=1S/C14H17FN2O/c15-11-3-1-10(2-4-11)9-17-8-7-12-13(17)5-6-14(18)16-12/h1-4,12-13H,5-9H2,(H,16,18)/t12-,13+/m0/s1. The Morgan fingerprint density at radius 2 is 2.06 bits per heavy atom. The van der Waals surface area contributed by atoms with Crippen LogP contribution in [0, 0.1) is 5.82 Å². The van der Waals surface area contributed by atoms with Crippen molar-refractivity contribution in [3.8, 4) is 0 Å². The number of fused-ring (bicyclic) bond motifs is 1. The Hall–Kier alpha value is -1.42. The first-order chi connectivity index (χ1) is 8.72. The molecule has 1 aromatic carbocycles. The summed E-state index contributed by atoms with van der Waals surface area (Å²) in [6.45, 7) is 1.85. The molecule has 1 aromatic rings. The smallest absolute Gasteiger partial charge is 0.220 e. The van der Waals surface area contributed by atoms with Crippen LogP contribution in [-0.4, -0.2) is 29.4 Å². The first kappa shape index (κ1) is 11.7. The molecule has 2 atom stereocenters. The van der Waals surface area contributed by atoms with Crippen LogP contribution in [-0.2, 0) is 11.3 Å². The Balaban J connectivity index is 1.67. The number of likely N-dealkylation sites (tertiary alicyclic amines) is 1. The predicted octanol–water partition coefficient (Wildman–Crippen LogP) is 1.68. The van der Waals surface area contributed by atoms with E-state index in [-0.39, 0.29) is 11.7 Å². The van der Waals surface area contributed by atoms with E-state index in [4.69, 9.17) is 0 Å². The molecule has 0 saturated carbocycles. The summed E-state index contributed by atoms with van der Waals surface area (Å²) >= 11 is 0. The van der Waals surface area contributed by atoms with Crippen LogP contribution in [0.3, 0.4) is 0 Å². The number of amides is 1. The number of nitrogens with one attached hydrogen (secondary N) is 1. The molecule has 1 amide bonds. The van der Waals surface area contributed by atoms with Gasteiger partial charge in [0.05, 0.1) is 0 Å². The molecule has 0 spiro atoms. The Labute approximate surface area is 106 Å². The van der Waals surface area contributed by atoms with Gasteiger partial charge in [0.15, 0.2) is 0 Å². The molecule has 2 fully saturated rings. The summed E-state index contributed by atoms with van der Waals surface area (Å²) in [5, 5.41) is 3.06. The third-order valence-corrected chi connectivity index (χ3v) is 3.97. The third kappa shape index (κ3) is 2.25. The van der Waals surface area contributed by atoms with E-state index >= 15 is 0 Å². The Morgan fingerprint density at radius 3 is 2.83 bits per heavy atom. The lowest BCUT2D eigenvalue weighted by atomic mass is 9.99. The van der Waals surface area contributed by atoms with Gasteiger partial charge in [0.2, 0.25) is 5.91 Å². The molecule has 0 unspecified atom stereocenters. The van der Waals surface area contributed by atoms with Crippen LogP contribution in [0.1, 0.15) is 24.8 Å². The van der Waals surface area contributed by atoms with Crippen LogP contribution in [0.4, 0.5) is 4.39 Å². The van der Waals surface area contributed by atoms with Crippen LogP contribution in [0.5, 0.6) is 0 Å². The van der Waals surface area contributed by atoms with Gasteiger partial charge >= 0.3 is 0 Å². The minimum absolute atomic E-state index is 0.180. The Morgan fingerprint density at radius 1 is 1.28 bits per heavy atom. The predicted molar refractivity (Wildman–Crippen MR) is 66.4 cm³/mol. The first-order valence-corrected chi connectivity index (χ1v) is 6.50. The molecule has 0 bridgehead atoms. The van der Waals surface area contributed by atoms with Gasteiger partial charge in [-0.15, -0.1) is 0 Å². The van der Waals surface area contributed by atoms with Crippen LogP contribution < -0.4 is 5.32 Å². The first-order valence-electron chi connectivity index (χ1n) is 6.50. The second kappa shape index (κ2) is 4.69. The summed E-state index contributed by atoms with van der Waals surface area (Å²) < 4.78 is 12.9. The minimum Gasteiger partial charge on any atom is -0.352 e. The molecular weight excluding hydrogens is 231 g/mol. The lowest BCUT2D eigenvalue weighted by molar-refractivity contribution is -0.124. The van der Waals surface area contributed by atoms with Gasteiger partial charge in [-0.3, -0.25) is 9.69 Å². The number of hydrogen-bond acceptors (Lipinski definition) is 2. The fourth-order valence-corrected chi connectivity index (χ4v) is 3.05. The fourth-order valence-electron chi connectivity index (χ4n) is 3.05. The normalized spacial score (nSPS) is 27.9. The second-order valence-electron chi connectivity index (χ2n) is 5.17. The number of hydrogen-bond donors (Lipinski definition) is 1. The van der Waals surface area contributed by atoms with Gasteiger partial charge in [0.1, 0.15) is 5.82 Å². The monoisotopic (exact) mass is 248 g/mol. The van der Waals surface area contributed by atoms with Gasteiger partial charge < -0.3 is 5.32 Å². The quantitative estimate of drug-likeness (QED) is 0.863. The molecule has 2 aliphatic rings. The van der Waals surface area contributed by atoms with Gasteiger partial charge in [-0.1, -0.05) is 12.1 Å². The van der Waals surface area contributed by atoms with Crippen molar-refractivity contribution < 1.29 is 9.18 Å². The average Bonchev–Trinajstić information content (AvgIpc) is 2.74. The fraction of sp³-hybridized carbons (Fsp3) is 0.500. The number of carbonyl (C=O) groups is 1. The Bertz CT molecular complexity index is 446. The average molecular weight is 248 g/mol. The highest BCUT2D eigenvalue weighted by Gasteiger charge is 2.37. The molecule has 3 nitrogen and oxygen atoms in total. The zero-order chi connectivity index (χ0) is 12.5. The van der Waals surface area contributed by atoms with E-state index < -0.39 is 0 Å². The summed E-state index contributed by atoms with van der Waals surface area (Å²) in [6, 6.07) is 7.45. The van der Waals surface area contributed by atoms with Crippen molar-refractivity contribution >= 4 is 5.91 Å². The number of benzene rings is 1. The molecular formula is C14H17FN2O. The SMILES string of the molecule is O=C1CC[C@@H]2[C@H](CCN2Cc2ccc(F)cc2)N1. The highest BCUT2D eigenvalue weighted by atomic mass is 19.1. The molecule has 0 aliphatic carbocycles. The van der Waals surface area contributed by atoms with E-state index in [1.165, 1.54) is 12.1 Å². The topological polar surface area (TPSA) is 32.3 Å². The zero-order valence-corrected chi connectivity index (χ0v) is 10.2. The lowest BCUT2D eigenvalue weighted by Gasteiger charge is -2.32. The number of halogens is 1. The molecule has 0 aromatic heterocycles. The van der Waals surface area contributed by atoms with Crippen molar-refractivity contribution in [2.45, 2.75) is 37.9 Å². The second-order valence-corrected chi connectivity index (χ2v) is 5.17. The van der Waals surface area contributed by atoms with Crippen molar-refractivity contribution in [3.05, 3.63) is 35.6 Å². The van der Waals surface area contributed by atoms with E-state index in [1.54, 1.807) is 0 Å². The minimum atomic E-state index is -0.192. The number of piperidine rings is 1. The zero-order valence-electron chi connectivity index (χ0n) is 10.2. The molecule has 4 heteroatoms. The van der Waals surface area contributed by atoms with E-state index in [2.05, 4.69) is 10.2 Å². The van der Waals surface area contributed by atoms with E-state index in [9.17, 15) is 9.18 Å². The molecule has 3 rings (SSSR count). The van der Waals surface area contributed by atoms with Crippen LogP contribution in [0.2, 0.25) is 0 Å². The van der Waals surface area contributed by atoms with Crippen LogP contribution >= 0.6 is 0 Å². The number of rotatable bonds is 2. The molecule has 96 valence electrons. The van der Waals surface area contributed by atoms with Gasteiger partial charge in [-0.05, 0) is 30.5 Å². The number of nitrogens with zero attached hydrogens (tertiary/aromatic N) is 1. The Kier molecular flexibility index (Phi) is 3.04. The van der Waals surface area contributed by atoms with Gasteiger partial charge in [0.25, 0.3) is 0 Å². The highest BCUT2D eigenvalue weighted by molar-refractivity contribution is 5.77. The van der Waals surface area contributed by atoms with Crippen molar-refractivity contribution in [2.75, 3.05) is 6.54 Å². The summed E-state index contributed by atoms with van der Waals surface area (Å²) in [5.41, 5.74) is 1.13. The van der Waals surface area contributed by atoms with Gasteiger partial charge in [-0.2, -0.15) is 0 Å².